The third-order valence-electron chi connectivity index (χ3n) is 5.90. The number of aromatic amines is 1. The van der Waals surface area contributed by atoms with Crippen LogP contribution in [0.3, 0.4) is 0 Å². The van der Waals surface area contributed by atoms with Crippen molar-refractivity contribution in [3.8, 4) is 0 Å². The van der Waals surface area contributed by atoms with E-state index in [1.54, 1.807) is 29.3 Å². The van der Waals surface area contributed by atoms with Crippen LogP contribution >= 0.6 is 11.8 Å². The summed E-state index contributed by atoms with van der Waals surface area (Å²) in [7, 11) is 0. The van der Waals surface area contributed by atoms with Crippen LogP contribution in [0.2, 0.25) is 0 Å². The summed E-state index contributed by atoms with van der Waals surface area (Å²) in [4.78, 5) is 17.3. The van der Waals surface area contributed by atoms with Gasteiger partial charge in [0.25, 0.3) is 5.91 Å². The highest BCUT2D eigenvalue weighted by Gasteiger charge is 2.43. The number of nitrogens with one attached hydrogen (secondary N) is 1. The van der Waals surface area contributed by atoms with Gasteiger partial charge >= 0.3 is 0 Å². The van der Waals surface area contributed by atoms with Gasteiger partial charge < -0.3 is 0 Å². The van der Waals surface area contributed by atoms with Crippen molar-refractivity contribution in [3.63, 3.8) is 0 Å². The zero-order chi connectivity index (χ0) is 22.8. The van der Waals surface area contributed by atoms with Crippen molar-refractivity contribution >= 4 is 29.5 Å². The second kappa shape index (κ2) is 9.27. The topological polar surface area (TPSA) is 74.2 Å². The zero-order valence-corrected chi connectivity index (χ0v) is 18.4. The number of H-pyrrole nitrogens is 1. The Kier molecular flexibility index (Phi) is 6.04. The van der Waals surface area contributed by atoms with E-state index in [9.17, 15) is 13.6 Å². The number of hydrogen-bond donors (Lipinski definition) is 1. The minimum Gasteiger partial charge on any atom is -0.272 e. The molecule has 9 heteroatoms. The van der Waals surface area contributed by atoms with Crippen molar-refractivity contribution in [2.24, 2.45) is 11.0 Å². The zero-order valence-electron chi connectivity index (χ0n) is 17.6. The fourth-order valence-electron chi connectivity index (χ4n) is 4.42. The van der Waals surface area contributed by atoms with Gasteiger partial charge in [-0.3, -0.25) is 9.89 Å². The lowest BCUT2D eigenvalue weighted by molar-refractivity contribution is -0.130. The molecule has 1 N–H and O–H groups in total. The summed E-state index contributed by atoms with van der Waals surface area (Å²) in [6.07, 6.45) is 6.07. The minimum atomic E-state index is -0.322. The number of amides is 1. The summed E-state index contributed by atoms with van der Waals surface area (Å²) in [5.74, 6) is -0.608. The number of benzene rings is 2. The predicted molar refractivity (Wildman–Crippen MR) is 122 cm³/mol. The van der Waals surface area contributed by atoms with Crippen LogP contribution in [0.1, 0.15) is 36.4 Å². The smallest absolute Gasteiger partial charge is 0.253 e. The van der Waals surface area contributed by atoms with E-state index in [1.165, 1.54) is 42.4 Å². The van der Waals surface area contributed by atoms with Crippen molar-refractivity contribution in [3.05, 3.63) is 83.2 Å². The second-order valence-corrected chi connectivity index (χ2v) is 8.98. The Balaban J connectivity index is 1.48. The summed E-state index contributed by atoms with van der Waals surface area (Å²) < 4.78 is 26.9. The van der Waals surface area contributed by atoms with Crippen molar-refractivity contribution in [1.82, 2.24) is 20.2 Å². The molecule has 0 bridgehead atoms. The average Bonchev–Trinajstić information content (AvgIpc) is 3.48. The van der Waals surface area contributed by atoms with Crippen molar-refractivity contribution in [2.45, 2.75) is 30.5 Å². The number of allylic oxidation sites excluding steroid dienone is 1. The molecule has 2 heterocycles. The molecule has 1 saturated carbocycles. The molecule has 6 nitrogen and oxygen atoms in total. The Labute approximate surface area is 193 Å². The number of hydrogen-bond acceptors (Lipinski definition) is 5. The maximum atomic E-state index is 13.6. The second-order valence-electron chi connectivity index (χ2n) is 8.02. The van der Waals surface area contributed by atoms with E-state index >= 15 is 0 Å². The Morgan fingerprint density at radius 2 is 1.85 bits per heavy atom. The van der Waals surface area contributed by atoms with E-state index in [-0.39, 0.29) is 35.3 Å². The van der Waals surface area contributed by atoms with Crippen LogP contribution in [0.4, 0.5) is 8.78 Å². The summed E-state index contributed by atoms with van der Waals surface area (Å²) in [6, 6.07) is 12.3. The Bertz CT molecular complexity index is 1190. The van der Waals surface area contributed by atoms with Gasteiger partial charge in [-0.15, -0.1) is 0 Å². The molecule has 33 heavy (non-hydrogen) atoms. The van der Waals surface area contributed by atoms with Gasteiger partial charge in [-0.1, -0.05) is 36.0 Å². The van der Waals surface area contributed by atoms with Crippen molar-refractivity contribution in [1.29, 1.82) is 0 Å². The van der Waals surface area contributed by atoms with Crippen LogP contribution in [0, 0.1) is 17.6 Å². The molecule has 1 aliphatic carbocycles. The van der Waals surface area contributed by atoms with Crippen LogP contribution in [0.15, 0.2) is 70.7 Å². The van der Waals surface area contributed by atoms with Crippen LogP contribution in [0.5, 0.6) is 0 Å². The van der Waals surface area contributed by atoms with Gasteiger partial charge in [0.2, 0.25) is 0 Å². The molecule has 0 spiro atoms. The van der Waals surface area contributed by atoms with Crippen molar-refractivity contribution < 1.29 is 13.6 Å². The van der Waals surface area contributed by atoms with E-state index in [0.717, 1.165) is 41.7 Å². The van der Waals surface area contributed by atoms with E-state index in [1.807, 2.05) is 6.08 Å². The Morgan fingerprint density at radius 3 is 2.55 bits per heavy atom. The van der Waals surface area contributed by atoms with Crippen LogP contribution in [-0.4, -0.2) is 37.6 Å². The molecule has 2 atom stereocenters. The first-order valence-corrected chi connectivity index (χ1v) is 11.7. The standard InChI is InChI=1S/C24H21F2N5OS/c25-18-8-4-15(5-9-18)12-17-2-1-3-20-22(17)30-31(21(32)13-33-24-27-14-28-29-24)23(20)16-6-10-19(26)11-7-16/h4-12,14,20,23H,1-3,13H2,(H,27,28,29). The van der Waals surface area contributed by atoms with Crippen LogP contribution < -0.4 is 0 Å². The fourth-order valence-corrected chi connectivity index (χ4v) is 5.05. The number of nitrogens with zero attached hydrogens (tertiary/aromatic N) is 4. The van der Waals surface area contributed by atoms with Crippen molar-refractivity contribution in [2.75, 3.05) is 5.75 Å². The lowest BCUT2D eigenvalue weighted by Crippen LogP contribution is -2.32. The molecular formula is C24H21F2N5OS. The fraction of sp³-hybridized carbons (Fsp3) is 0.250. The highest BCUT2D eigenvalue weighted by molar-refractivity contribution is 7.99. The quantitative estimate of drug-likeness (QED) is 0.539. The number of halogens is 2. The number of carbonyl (C=O) groups excluding carboxylic acids is 1. The lowest BCUT2D eigenvalue weighted by atomic mass is 9.77. The van der Waals surface area contributed by atoms with Gasteiger partial charge in [-0.25, -0.2) is 18.8 Å². The number of carbonyl (C=O) groups is 1. The normalized spacial score (nSPS) is 21.2. The monoisotopic (exact) mass is 465 g/mol. The maximum Gasteiger partial charge on any atom is 0.253 e. The molecule has 1 fully saturated rings. The number of thioether (sulfide) groups is 1. The Hall–Kier alpha value is -3.33. The van der Waals surface area contributed by atoms with Gasteiger partial charge in [0.1, 0.15) is 18.0 Å². The Morgan fingerprint density at radius 1 is 1.12 bits per heavy atom. The number of rotatable bonds is 5. The molecule has 168 valence electrons. The first-order valence-electron chi connectivity index (χ1n) is 10.7. The first kappa shape index (κ1) is 21.5. The summed E-state index contributed by atoms with van der Waals surface area (Å²) in [6.45, 7) is 0. The molecule has 2 unspecified atom stereocenters. The molecular weight excluding hydrogens is 444 g/mol. The molecule has 1 aliphatic heterocycles. The van der Waals surface area contributed by atoms with E-state index in [4.69, 9.17) is 5.10 Å². The SMILES string of the molecule is O=C(CSc1ncn[nH]1)N1N=C2C(=Cc3ccc(F)cc3)CCCC2C1c1ccc(F)cc1. The molecule has 2 aromatic carbocycles. The molecule has 0 radical (unpaired) electrons. The number of fused-ring (bicyclic) bond motifs is 1. The molecule has 2 aliphatic rings. The van der Waals surface area contributed by atoms with Gasteiger partial charge in [0.05, 0.1) is 17.5 Å². The highest BCUT2D eigenvalue weighted by Crippen LogP contribution is 2.44. The van der Waals surface area contributed by atoms with Gasteiger partial charge in [0.15, 0.2) is 5.16 Å². The van der Waals surface area contributed by atoms with Gasteiger partial charge in [0, 0.05) is 5.92 Å². The molecule has 1 amide bonds. The van der Waals surface area contributed by atoms with E-state index in [0.29, 0.717) is 5.16 Å². The molecule has 3 aromatic rings. The molecule has 5 rings (SSSR count). The van der Waals surface area contributed by atoms with Crippen LogP contribution in [-0.2, 0) is 4.79 Å². The van der Waals surface area contributed by atoms with E-state index < -0.39 is 0 Å². The summed E-state index contributed by atoms with van der Waals surface area (Å²) in [5, 5.41) is 13.4. The average molecular weight is 466 g/mol. The predicted octanol–water partition coefficient (Wildman–Crippen LogP) is 5.00. The number of aromatic nitrogens is 3. The van der Waals surface area contributed by atoms with Gasteiger partial charge in [-0.05, 0) is 66.3 Å². The van der Waals surface area contributed by atoms with E-state index in [2.05, 4.69) is 15.2 Å². The summed E-state index contributed by atoms with van der Waals surface area (Å²) in [5.41, 5.74) is 3.65. The largest absolute Gasteiger partial charge is 0.272 e. The third-order valence-corrected chi connectivity index (χ3v) is 6.77. The third kappa shape index (κ3) is 4.59. The highest BCUT2D eigenvalue weighted by atomic mass is 32.2. The molecule has 0 saturated heterocycles. The van der Waals surface area contributed by atoms with Crippen LogP contribution in [0.25, 0.3) is 6.08 Å². The van der Waals surface area contributed by atoms with Gasteiger partial charge in [-0.2, -0.15) is 10.2 Å². The maximum absolute atomic E-state index is 13.6. The minimum absolute atomic E-state index is 0.00939. The first-order chi connectivity index (χ1) is 16.1. The number of hydrazone groups is 1. The molecule has 1 aromatic heterocycles. The summed E-state index contributed by atoms with van der Waals surface area (Å²) >= 11 is 1.26. The lowest BCUT2D eigenvalue weighted by Gasteiger charge is -2.29.